The quantitative estimate of drug-likeness (QED) is 0.319. The van der Waals surface area contributed by atoms with Crippen molar-refractivity contribution in [3.8, 4) is 0 Å². The third-order valence-electron chi connectivity index (χ3n) is 8.21. The van der Waals surface area contributed by atoms with E-state index in [4.69, 9.17) is 0 Å². The molecule has 9 nitrogen and oxygen atoms in total. The van der Waals surface area contributed by atoms with Crippen molar-refractivity contribution in [2.45, 2.75) is 38.6 Å². The minimum absolute atomic E-state index is 0.00809. The van der Waals surface area contributed by atoms with Crippen LogP contribution in [-0.2, 0) is 6.54 Å². The number of anilines is 2. The smallest absolute Gasteiger partial charge is 0.339 e. The van der Waals surface area contributed by atoms with Gasteiger partial charge in [-0.1, -0.05) is 30.3 Å². The molecular weight excluding hydrogens is 436 g/mol. The summed E-state index contributed by atoms with van der Waals surface area (Å²) in [4.78, 5) is 27.5. The average molecular weight is 467 g/mol. The molecule has 9 heteroatoms. The van der Waals surface area contributed by atoms with Gasteiger partial charge in [-0.2, -0.15) is 0 Å². The van der Waals surface area contributed by atoms with Crippen LogP contribution in [0.15, 0.2) is 36.5 Å². The van der Waals surface area contributed by atoms with Crippen LogP contribution in [0.25, 0.3) is 0 Å². The van der Waals surface area contributed by atoms with Crippen molar-refractivity contribution in [1.29, 1.82) is 0 Å². The highest BCUT2D eigenvalue weighted by Crippen LogP contribution is 2.62. The summed E-state index contributed by atoms with van der Waals surface area (Å²) in [5.41, 5.74) is 0.436. The fourth-order valence-corrected chi connectivity index (χ4v) is 6.98. The molecular formula is C25H30N4O5. The normalized spacial score (nSPS) is 29.1. The van der Waals surface area contributed by atoms with Crippen LogP contribution in [0.2, 0.25) is 0 Å². The number of carboxylic acid groups (broad SMARTS) is 1. The predicted molar refractivity (Wildman–Crippen MR) is 127 cm³/mol. The first kappa shape index (κ1) is 22.6. The molecule has 0 saturated heterocycles. The number of aromatic nitrogens is 1. The second-order valence-electron chi connectivity index (χ2n) is 10.3. The molecule has 4 aliphatic rings. The summed E-state index contributed by atoms with van der Waals surface area (Å²) in [6.45, 7) is 1.04. The summed E-state index contributed by atoms with van der Waals surface area (Å²) < 4.78 is 0. The minimum atomic E-state index is -1.25. The van der Waals surface area contributed by atoms with Gasteiger partial charge in [0.15, 0.2) is 0 Å². The Morgan fingerprint density at radius 2 is 1.85 bits per heavy atom. The number of aliphatic hydroxyl groups is 1. The number of hydrogen-bond donors (Lipinski definition) is 4. The third kappa shape index (κ3) is 4.09. The lowest BCUT2D eigenvalue weighted by Crippen LogP contribution is -2.53. The average Bonchev–Trinajstić information content (AvgIpc) is 2.82. The maximum atomic E-state index is 12.1. The van der Waals surface area contributed by atoms with E-state index in [0.29, 0.717) is 36.8 Å². The number of benzene rings is 1. The van der Waals surface area contributed by atoms with E-state index in [9.17, 15) is 25.1 Å². The summed E-state index contributed by atoms with van der Waals surface area (Å²) in [6, 6.07) is 9.45. The highest BCUT2D eigenvalue weighted by atomic mass is 16.6. The maximum Gasteiger partial charge on any atom is 0.339 e. The van der Waals surface area contributed by atoms with Crippen LogP contribution in [0.1, 0.15) is 48.0 Å². The van der Waals surface area contributed by atoms with Crippen LogP contribution < -0.4 is 10.6 Å². The first-order chi connectivity index (χ1) is 16.4. The first-order valence-corrected chi connectivity index (χ1v) is 11.9. The molecule has 0 amide bonds. The number of carboxylic acids is 1. The van der Waals surface area contributed by atoms with Crippen LogP contribution in [0, 0.1) is 39.2 Å². The van der Waals surface area contributed by atoms with E-state index in [0.717, 1.165) is 37.7 Å². The van der Waals surface area contributed by atoms with E-state index in [2.05, 4.69) is 15.6 Å². The van der Waals surface area contributed by atoms with Crippen molar-refractivity contribution in [3.05, 3.63) is 57.8 Å². The highest BCUT2D eigenvalue weighted by Gasteiger charge is 2.54. The number of pyridine rings is 1. The summed E-state index contributed by atoms with van der Waals surface area (Å²) in [6.07, 6.45) is 6.50. The predicted octanol–water partition coefficient (Wildman–Crippen LogP) is 4.15. The number of nitrogens with zero attached hydrogens (tertiary/aromatic N) is 2. The van der Waals surface area contributed by atoms with Gasteiger partial charge < -0.3 is 20.8 Å². The van der Waals surface area contributed by atoms with Crippen molar-refractivity contribution in [2.24, 2.45) is 29.1 Å². The van der Waals surface area contributed by atoms with Gasteiger partial charge in [0.25, 0.3) is 0 Å². The van der Waals surface area contributed by atoms with E-state index in [-0.39, 0.29) is 34.8 Å². The van der Waals surface area contributed by atoms with Gasteiger partial charge in [-0.3, -0.25) is 10.1 Å². The molecule has 2 unspecified atom stereocenters. The number of aromatic carboxylic acids is 1. The minimum Gasteiger partial charge on any atom is -0.478 e. The molecule has 1 aromatic carbocycles. The molecule has 1 heterocycles. The Bertz CT molecular complexity index is 1080. The summed E-state index contributed by atoms with van der Waals surface area (Å²) in [5.74, 6) is 0.667. The Kier molecular flexibility index (Phi) is 5.89. The van der Waals surface area contributed by atoms with E-state index in [1.54, 1.807) is 0 Å². The molecule has 4 N–H and O–H groups in total. The van der Waals surface area contributed by atoms with Crippen molar-refractivity contribution in [1.82, 2.24) is 4.98 Å². The molecule has 6 rings (SSSR count). The van der Waals surface area contributed by atoms with Crippen LogP contribution in [-0.4, -0.2) is 39.2 Å². The van der Waals surface area contributed by atoms with E-state index < -0.39 is 10.9 Å². The lowest BCUT2D eigenvalue weighted by atomic mass is 9.46. The van der Waals surface area contributed by atoms with Crippen molar-refractivity contribution in [3.63, 3.8) is 0 Å². The molecule has 34 heavy (non-hydrogen) atoms. The van der Waals surface area contributed by atoms with Crippen LogP contribution in [0.5, 0.6) is 0 Å². The molecule has 1 aromatic heterocycles. The fourth-order valence-electron chi connectivity index (χ4n) is 6.98. The molecule has 0 aliphatic heterocycles. The van der Waals surface area contributed by atoms with Crippen molar-refractivity contribution in [2.75, 3.05) is 23.8 Å². The number of hydrogen-bond acceptors (Lipinski definition) is 7. The molecule has 4 saturated carbocycles. The van der Waals surface area contributed by atoms with Crippen molar-refractivity contribution >= 4 is 23.2 Å². The number of nitrogens with one attached hydrogen (secondary N) is 2. The molecule has 2 atom stereocenters. The Morgan fingerprint density at radius 3 is 2.47 bits per heavy atom. The zero-order chi connectivity index (χ0) is 23.9. The van der Waals surface area contributed by atoms with Gasteiger partial charge in [0, 0.05) is 25.9 Å². The van der Waals surface area contributed by atoms with Crippen LogP contribution in [0.4, 0.5) is 17.2 Å². The summed E-state index contributed by atoms with van der Waals surface area (Å²) in [5, 5.41) is 38.0. The van der Waals surface area contributed by atoms with Gasteiger partial charge in [-0.25, -0.2) is 9.78 Å². The van der Waals surface area contributed by atoms with Crippen LogP contribution in [0.3, 0.4) is 0 Å². The first-order valence-electron chi connectivity index (χ1n) is 11.9. The Hall–Kier alpha value is -3.20. The zero-order valence-corrected chi connectivity index (χ0v) is 18.9. The number of rotatable bonds is 9. The summed E-state index contributed by atoms with van der Waals surface area (Å²) >= 11 is 0. The van der Waals surface area contributed by atoms with E-state index >= 15 is 0 Å². The Balaban J connectivity index is 1.40. The van der Waals surface area contributed by atoms with Gasteiger partial charge >= 0.3 is 11.7 Å². The molecule has 4 bridgehead atoms. The fraction of sp³-hybridized carbons (Fsp3) is 0.520. The second-order valence-corrected chi connectivity index (χ2v) is 10.3. The van der Waals surface area contributed by atoms with Gasteiger partial charge in [-0.15, -0.1) is 0 Å². The SMILES string of the molecule is O=C(O)c1cnc(NCc2ccccc2)c([N+](=O)[O-])c1NCC1C2CC3CC1CC(CO)(C3)C2. The Labute approximate surface area is 197 Å². The third-order valence-corrected chi connectivity index (χ3v) is 8.21. The monoisotopic (exact) mass is 466 g/mol. The second kappa shape index (κ2) is 8.87. The van der Waals surface area contributed by atoms with Gasteiger partial charge in [0.1, 0.15) is 11.3 Å². The lowest BCUT2D eigenvalue weighted by Gasteiger charge is -2.59. The standard InChI is InChI=1S/C25H30N4O5/c30-14-25-8-16-6-17(9-25)19(18(7-16)10-25)12-26-21-20(24(31)32)13-28-23(22(21)29(33)34)27-11-15-4-2-1-3-5-15/h1-5,13,16-19,30H,6-12,14H2,(H,31,32)(H2,26,27,28). The highest BCUT2D eigenvalue weighted by molar-refractivity contribution is 5.98. The number of nitro groups is 1. The van der Waals surface area contributed by atoms with Gasteiger partial charge in [0.05, 0.1) is 4.92 Å². The van der Waals surface area contributed by atoms with Crippen molar-refractivity contribution < 1.29 is 19.9 Å². The summed E-state index contributed by atoms with van der Waals surface area (Å²) in [7, 11) is 0. The Morgan fingerprint density at radius 1 is 1.15 bits per heavy atom. The van der Waals surface area contributed by atoms with Gasteiger partial charge in [-0.05, 0) is 66.8 Å². The van der Waals surface area contributed by atoms with E-state index in [1.807, 2.05) is 30.3 Å². The maximum absolute atomic E-state index is 12.1. The molecule has 180 valence electrons. The molecule has 0 spiro atoms. The lowest BCUT2D eigenvalue weighted by molar-refractivity contribution is -0.383. The molecule has 4 fully saturated rings. The largest absolute Gasteiger partial charge is 0.478 e. The topological polar surface area (TPSA) is 138 Å². The zero-order valence-electron chi connectivity index (χ0n) is 18.9. The molecule has 4 aliphatic carbocycles. The number of carbonyl (C=O) groups is 1. The molecule has 0 radical (unpaired) electrons. The van der Waals surface area contributed by atoms with Gasteiger partial charge in [0.2, 0.25) is 5.82 Å². The molecule has 2 aromatic rings. The van der Waals surface area contributed by atoms with E-state index in [1.165, 1.54) is 6.20 Å². The number of aliphatic hydroxyl groups excluding tert-OH is 1. The van der Waals surface area contributed by atoms with Crippen LogP contribution >= 0.6 is 0 Å².